The number of nitrogens with zero attached hydrogens (tertiary/aromatic N) is 2. The number of aromatic nitrogens is 2. The Hall–Kier alpha value is -1.61. The summed E-state index contributed by atoms with van der Waals surface area (Å²) in [5, 5.41) is 0.639. The average molecular weight is 275 g/mol. The molecule has 2 heterocycles. The number of halogens is 1. The van der Waals surface area contributed by atoms with Crippen molar-refractivity contribution in [3.8, 4) is 17.0 Å². The lowest BCUT2D eigenvalue weighted by Gasteiger charge is -2.13. The fourth-order valence-corrected chi connectivity index (χ4v) is 2.66. The lowest BCUT2D eigenvalue weighted by Crippen LogP contribution is -2.11. The first-order valence-corrected chi connectivity index (χ1v) is 6.93. The molecule has 0 radical (unpaired) electrons. The normalized spacial score (nSPS) is 15.6. The Morgan fingerprint density at radius 3 is 2.79 bits per heavy atom. The van der Waals surface area contributed by atoms with Gasteiger partial charge >= 0.3 is 0 Å². The van der Waals surface area contributed by atoms with Gasteiger partial charge in [0.15, 0.2) is 0 Å². The fourth-order valence-electron chi connectivity index (χ4n) is 2.43. The van der Waals surface area contributed by atoms with E-state index in [-0.39, 0.29) is 0 Å². The van der Waals surface area contributed by atoms with Crippen LogP contribution in [0.1, 0.15) is 25.7 Å². The maximum Gasteiger partial charge on any atom is 0.214 e. The molecule has 1 fully saturated rings. The number of rotatable bonds is 3. The van der Waals surface area contributed by atoms with Crippen LogP contribution in [-0.2, 0) is 0 Å². The first kappa shape index (κ1) is 12.4. The van der Waals surface area contributed by atoms with Gasteiger partial charge < -0.3 is 4.74 Å². The van der Waals surface area contributed by atoms with Gasteiger partial charge in [0, 0.05) is 30.2 Å². The van der Waals surface area contributed by atoms with Crippen molar-refractivity contribution in [2.45, 2.75) is 31.8 Å². The standard InChI is InChI=1S/C15H15ClN2O/c16-14-10-17-7-6-13(14)11-5-8-18-15(9-11)19-12-3-1-2-4-12/h5-10,12H,1-4H2. The fraction of sp³-hybridized carbons (Fsp3) is 0.333. The van der Waals surface area contributed by atoms with E-state index in [1.54, 1.807) is 18.6 Å². The molecule has 0 amide bonds. The quantitative estimate of drug-likeness (QED) is 0.844. The molecule has 3 nitrogen and oxygen atoms in total. The van der Waals surface area contributed by atoms with E-state index in [9.17, 15) is 0 Å². The maximum atomic E-state index is 6.16. The van der Waals surface area contributed by atoms with Gasteiger partial charge in [-0.3, -0.25) is 4.98 Å². The smallest absolute Gasteiger partial charge is 0.214 e. The van der Waals surface area contributed by atoms with Crippen molar-refractivity contribution in [1.82, 2.24) is 9.97 Å². The zero-order valence-corrected chi connectivity index (χ0v) is 11.3. The van der Waals surface area contributed by atoms with Crippen LogP contribution in [0.25, 0.3) is 11.1 Å². The van der Waals surface area contributed by atoms with Gasteiger partial charge in [-0.05, 0) is 43.4 Å². The monoisotopic (exact) mass is 274 g/mol. The molecule has 1 saturated carbocycles. The number of hydrogen-bond acceptors (Lipinski definition) is 3. The molecule has 0 atom stereocenters. The molecule has 0 saturated heterocycles. The van der Waals surface area contributed by atoms with Gasteiger partial charge in [-0.15, -0.1) is 0 Å². The Kier molecular flexibility index (Phi) is 3.65. The second-order valence-corrected chi connectivity index (χ2v) is 5.17. The van der Waals surface area contributed by atoms with Crippen molar-refractivity contribution in [1.29, 1.82) is 0 Å². The van der Waals surface area contributed by atoms with Crippen LogP contribution < -0.4 is 4.74 Å². The molecular formula is C15H15ClN2O. The molecule has 0 aromatic carbocycles. The molecule has 2 aromatic heterocycles. The summed E-state index contributed by atoms with van der Waals surface area (Å²) in [6, 6.07) is 5.78. The van der Waals surface area contributed by atoms with Crippen molar-refractivity contribution in [2.24, 2.45) is 0 Å². The predicted octanol–water partition coefficient (Wildman–Crippen LogP) is 4.12. The Balaban J connectivity index is 1.85. The largest absolute Gasteiger partial charge is 0.474 e. The molecule has 19 heavy (non-hydrogen) atoms. The Labute approximate surface area is 117 Å². The summed E-state index contributed by atoms with van der Waals surface area (Å²) in [7, 11) is 0. The van der Waals surface area contributed by atoms with Gasteiger partial charge in [-0.2, -0.15) is 0 Å². The lowest BCUT2D eigenvalue weighted by atomic mass is 10.1. The maximum absolute atomic E-state index is 6.16. The number of pyridine rings is 2. The zero-order chi connectivity index (χ0) is 13.1. The third-order valence-electron chi connectivity index (χ3n) is 3.41. The van der Waals surface area contributed by atoms with Crippen LogP contribution in [0.4, 0.5) is 0 Å². The first-order valence-electron chi connectivity index (χ1n) is 6.55. The highest BCUT2D eigenvalue weighted by atomic mass is 35.5. The SMILES string of the molecule is Clc1cnccc1-c1ccnc(OC2CCCC2)c1. The minimum Gasteiger partial charge on any atom is -0.474 e. The van der Waals surface area contributed by atoms with Crippen LogP contribution in [0, 0.1) is 0 Å². The van der Waals surface area contributed by atoms with Gasteiger partial charge in [0.25, 0.3) is 0 Å². The van der Waals surface area contributed by atoms with E-state index < -0.39 is 0 Å². The molecule has 98 valence electrons. The molecule has 3 rings (SSSR count). The van der Waals surface area contributed by atoms with Gasteiger partial charge in [-0.25, -0.2) is 4.98 Å². The van der Waals surface area contributed by atoms with E-state index in [1.165, 1.54) is 12.8 Å². The predicted molar refractivity (Wildman–Crippen MR) is 75.4 cm³/mol. The topological polar surface area (TPSA) is 35.0 Å². The Morgan fingerprint density at radius 1 is 1.16 bits per heavy atom. The molecule has 0 aliphatic heterocycles. The van der Waals surface area contributed by atoms with Crippen LogP contribution >= 0.6 is 11.6 Å². The minimum atomic E-state index is 0.315. The van der Waals surface area contributed by atoms with Gasteiger partial charge in [0.05, 0.1) is 5.02 Å². The number of hydrogen-bond donors (Lipinski definition) is 0. The van der Waals surface area contributed by atoms with Crippen molar-refractivity contribution < 1.29 is 4.74 Å². The van der Waals surface area contributed by atoms with Crippen LogP contribution in [0.5, 0.6) is 5.88 Å². The second kappa shape index (κ2) is 5.57. The molecule has 0 N–H and O–H groups in total. The van der Waals surface area contributed by atoms with Crippen LogP contribution in [-0.4, -0.2) is 16.1 Å². The second-order valence-electron chi connectivity index (χ2n) is 4.76. The summed E-state index contributed by atoms with van der Waals surface area (Å²) < 4.78 is 5.91. The molecular weight excluding hydrogens is 260 g/mol. The molecule has 1 aliphatic rings. The highest BCUT2D eigenvalue weighted by molar-refractivity contribution is 6.33. The van der Waals surface area contributed by atoms with E-state index in [2.05, 4.69) is 9.97 Å². The highest BCUT2D eigenvalue weighted by Crippen LogP contribution is 2.29. The molecule has 4 heteroatoms. The third kappa shape index (κ3) is 2.87. The highest BCUT2D eigenvalue weighted by Gasteiger charge is 2.17. The van der Waals surface area contributed by atoms with Crippen LogP contribution in [0.2, 0.25) is 5.02 Å². The number of ether oxygens (including phenoxy) is 1. The third-order valence-corrected chi connectivity index (χ3v) is 3.71. The molecule has 2 aromatic rings. The van der Waals surface area contributed by atoms with E-state index >= 15 is 0 Å². The van der Waals surface area contributed by atoms with E-state index in [1.807, 2.05) is 18.2 Å². The van der Waals surface area contributed by atoms with Crippen molar-refractivity contribution >= 4 is 11.6 Å². The average Bonchev–Trinajstić information content (AvgIpc) is 2.92. The minimum absolute atomic E-state index is 0.315. The zero-order valence-electron chi connectivity index (χ0n) is 10.6. The lowest BCUT2D eigenvalue weighted by molar-refractivity contribution is 0.201. The Morgan fingerprint density at radius 2 is 2.00 bits per heavy atom. The summed E-state index contributed by atoms with van der Waals surface area (Å²) >= 11 is 6.16. The van der Waals surface area contributed by atoms with Crippen molar-refractivity contribution in [3.63, 3.8) is 0 Å². The van der Waals surface area contributed by atoms with Crippen LogP contribution in [0.15, 0.2) is 36.8 Å². The summed E-state index contributed by atoms with van der Waals surface area (Å²) in [6.07, 6.45) is 10.2. The summed E-state index contributed by atoms with van der Waals surface area (Å²) in [4.78, 5) is 8.27. The van der Waals surface area contributed by atoms with E-state index in [0.717, 1.165) is 24.0 Å². The van der Waals surface area contributed by atoms with Crippen molar-refractivity contribution in [3.05, 3.63) is 41.8 Å². The first-order chi connectivity index (χ1) is 9.33. The Bertz CT molecular complexity index is 568. The van der Waals surface area contributed by atoms with E-state index in [0.29, 0.717) is 17.0 Å². The van der Waals surface area contributed by atoms with Crippen molar-refractivity contribution in [2.75, 3.05) is 0 Å². The molecule has 0 unspecified atom stereocenters. The summed E-state index contributed by atoms with van der Waals surface area (Å²) in [5.41, 5.74) is 1.96. The van der Waals surface area contributed by atoms with Crippen LogP contribution in [0.3, 0.4) is 0 Å². The summed E-state index contributed by atoms with van der Waals surface area (Å²) in [5.74, 6) is 0.678. The van der Waals surface area contributed by atoms with Gasteiger partial charge in [0.1, 0.15) is 6.10 Å². The molecule has 0 spiro atoms. The summed E-state index contributed by atoms with van der Waals surface area (Å²) in [6.45, 7) is 0. The molecule has 1 aliphatic carbocycles. The van der Waals surface area contributed by atoms with E-state index in [4.69, 9.17) is 16.3 Å². The van der Waals surface area contributed by atoms with Gasteiger partial charge in [0.2, 0.25) is 5.88 Å². The molecule has 0 bridgehead atoms. The van der Waals surface area contributed by atoms with Gasteiger partial charge in [-0.1, -0.05) is 11.6 Å².